The molecule has 1 aromatic carbocycles. The van der Waals surface area contributed by atoms with Crippen LogP contribution in [0.1, 0.15) is 11.6 Å². The van der Waals surface area contributed by atoms with E-state index in [9.17, 15) is 8.42 Å². The van der Waals surface area contributed by atoms with E-state index in [0.717, 1.165) is 0 Å². The van der Waals surface area contributed by atoms with E-state index in [-0.39, 0.29) is 5.84 Å². The van der Waals surface area contributed by atoms with Gasteiger partial charge < -0.3 is 0 Å². The fourth-order valence-corrected chi connectivity index (χ4v) is 2.66. The summed E-state index contributed by atoms with van der Waals surface area (Å²) in [4.78, 5) is 0. The van der Waals surface area contributed by atoms with Crippen molar-refractivity contribution in [1.82, 2.24) is 4.72 Å². The second-order valence-corrected chi connectivity index (χ2v) is 5.05. The van der Waals surface area contributed by atoms with Gasteiger partial charge in [0.25, 0.3) is 5.84 Å². The summed E-state index contributed by atoms with van der Waals surface area (Å²) in [6, 6.07) is 6.29. The highest BCUT2D eigenvalue weighted by atomic mass is 35.5. The van der Waals surface area contributed by atoms with Crippen LogP contribution in [-0.4, -0.2) is 14.3 Å². The summed E-state index contributed by atoms with van der Waals surface area (Å²) in [5.74, 6) is 0.150. The Morgan fingerprint density at radius 2 is 2.20 bits per heavy atom. The summed E-state index contributed by atoms with van der Waals surface area (Å²) in [6.45, 7) is 0. The summed E-state index contributed by atoms with van der Waals surface area (Å²) in [7, 11) is -3.51. The second kappa shape index (κ2) is 3.48. The number of rotatable bonds is 1. The molecule has 5 nitrogen and oxygen atoms in total. The first-order valence-electron chi connectivity index (χ1n) is 4.16. The lowest BCUT2D eigenvalue weighted by Crippen LogP contribution is -2.76. The first kappa shape index (κ1) is 10.4. The predicted octanol–water partition coefficient (Wildman–Crippen LogP) is -1.33. The number of hydrogen-bond donors (Lipinski definition) is 3. The number of halogens is 1. The van der Waals surface area contributed by atoms with E-state index in [1.807, 2.05) is 0 Å². The Morgan fingerprint density at radius 3 is 2.73 bits per heavy atom. The molecule has 0 bridgehead atoms. The van der Waals surface area contributed by atoms with Crippen molar-refractivity contribution in [3.8, 4) is 0 Å². The standard InChI is InChI=1S/C8H8ClN3O2S/c9-6-3-1-2-5(4-6)7-8(10)12-15(13,14)11-7/h1-4,7,11H,(H2,10,12)/p+1/t7-/m0/s1. The van der Waals surface area contributed by atoms with Crippen molar-refractivity contribution in [1.29, 1.82) is 0 Å². The van der Waals surface area contributed by atoms with Crippen LogP contribution in [0.25, 0.3) is 0 Å². The van der Waals surface area contributed by atoms with Gasteiger partial charge in [0, 0.05) is 5.02 Å². The zero-order valence-electron chi connectivity index (χ0n) is 7.57. The van der Waals surface area contributed by atoms with Crippen LogP contribution in [0.5, 0.6) is 0 Å². The number of benzene rings is 1. The molecule has 0 aliphatic carbocycles. The largest absolute Gasteiger partial charge is 0.371 e. The molecule has 7 heteroatoms. The van der Waals surface area contributed by atoms with Crippen molar-refractivity contribution < 1.29 is 12.8 Å². The molecule has 1 aliphatic rings. The molecule has 1 heterocycles. The molecule has 4 N–H and O–H groups in total. The molecule has 15 heavy (non-hydrogen) atoms. The number of nitrogens with one attached hydrogen (secondary N) is 2. The maximum atomic E-state index is 11.2. The minimum absolute atomic E-state index is 0.150. The molecule has 0 amide bonds. The third-order valence-corrected chi connectivity index (χ3v) is 3.30. The molecular formula is C8H9ClN3O2S+. The maximum Gasteiger partial charge on any atom is 0.371 e. The Morgan fingerprint density at radius 1 is 1.47 bits per heavy atom. The van der Waals surface area contributed by atoms with Gasteiger partial charge in [-0.15, -0.1) is 0 Å². The van der Waals surface area contributed by atoms with Crippen LogP contribution < -0.4 is 14.9 Å². The summed E-state index contributed by atoms with van der Waals surface area (Å²) < 4.78 is 26.8. The molecule has 0 radical (unpaired) electrons. The van der Waals surface area contributed by atoms with Crippen molar-refractivity contribution in [2.45, 2.75) is 6.04 Å². The van der Waals surface area contributed by atoms with E-state index in [0.29, 0.717) is 10.6 Å². The molecule has 0 fully saturated rings. The summed E-state index contributed by atoms with van der Waals surface area (Å²) in [5.41, 5.74) is 6.26. The Hall–Kier alpha value is -1.11. The third-order valence-electron chi connectivity index (χ3n) is 2.02. The molecular weight excluding hydrogens is 238 g/mol. The maximum absolute atomic E-state index is 11.2. The van der Waals surface area contributed by atoms with Crippen molar-refractivity contribution in [2.24, 2.45) is 5.73 Å². The molecule has 0 spiro atoms. The Bertz CT molecular complexity index is 526. The Labute approximate surface area is 92.1 Å². The van der Waals surface area contributed by atoms with E-state index in [4.69, 9.17) is 17.3 Å². The zero-order chi connectivity index (χ0) is 11.1. The van der Waals surface area contributed by atoms with Crippen molar-refractivity contribution in [3.05, 3.63) is 34.9 Å². The van der Waals surface area contributed by atoms with Gasteiger partial charge in [-0.1, -0.05) is 23.7 Å². The average molecular weight is 247 g/mol. The highest BCUT2D eigenvalue weighted by molar-refractivity contribution is 7.83. The number of hydrogen-bond acceptors (Lipinski definition) is 3. The third kappa shape index (κ3) is 2.11. The molecule has 80 valence electrons. The summed E-state index contributed by atoms with van der Waals surface area (Å²) in [5, 5.41) is 0.534. The molecule has 1 aromatic rings. The minimum Gasteiger partial charge on any atom is -0.288 e. The normalized spacial score (nSPS) is 23.8. The molecule has 0 aromatic heterocycles. The number of amidine groups is 1. The van der Waals surface area contributed by atoms with Crippen LogP contribution in [-0.2, 0) is 10.2 Å². The van der Waals surface area contributed by atoms with E-state index in [1.165, 1.54) is 0 Å². The molecule has 1 aliphatic heterocycles. The van der Waals surface area contributed by atoms with Gasteiger partial charge >= 0.3 is 10.2 Å². The van der Waals surface area contributed by atoms with Gasteiger partial charge in [0.2, 0.25) is 0 Å². The molecule has 0 saturated heterocycles. The van der Waals surface area contributed by atoms with Gasteiger partial charge in [-0.3, -0.25) is 5.73 Å². The van der Waals surface area contributed by atoms with Gasteiger partial charge in [0.15, 0.2) is 6.04 Å². The minimum atomic E-state index is -3.51. The van der Waals surface area contributed by atoms with Crippen LogP contribution in [0, 0.1) is 0 Å². The first-order valence-corrected chi connectivity index (χ1v) is 6.02. The Balaban J connectivity index is 2.40. The van der Waals surface area contributed by atoms with Gasteiger partial charge in [0.1, 0.15) is 0 Å². The lowest BCUT2D eigenvalue weighted by Gasteiger charge is -2.06. The summed E-state index contributed by atoms with van der Waals surface area (Å²) >= 11 is 5.79. The molecule has 0 unspecified atom stereocenters. The van der Waals surface area contributed by atoms with Crippen LogP contribution in [0.2, 0.25) is 5.02 Å². The lowest BCUT2D eigenvalue weighted by molar-refractivity contribution is -0.265. The fraction of sp³-hybridized carbons (Fsp3) is 0.125. The lowest BCUT2D eigenvalue weighted by atomic mass is 10.1. The van der Waals surface area contributed by atoms with Gasteiger partial charge in [-0.2, -0.15) is 17.5 Å². The van der Waals surface area contributed by atoms with Crippen LogP contribution in [0.3, 0.4) is 0 Å². The number of nitrogens with two attached hydrogens (primary N) is 1. The van der Waals surface area contributed by atoms with Crippen LogP contribution in [0.15, 0.2) is 24.3 Å². The quantitative estimate of drug-likeness (QED) is 0.574. The molecule has 2 rings (SSSR count). The van der Waals surface area contributed by atoms with Crippen molar-refractivity contribution in [3.63, 3.8) is 0 Å². The van der Waals surface area contributed by atoms with E-state index in [2.05, 4.69) is 9.12 Å². The topological polar surface area (TPSA) is 86.2 Å². The average Bonchev–Trinajstić information content (AvgIpc) is 2.40. The van der Waals surface area contributed by atoms with Crippen molar-refractivity contribution in [2.75, 3.05) is 0 Å². The second-order valence-electron chi connectivity index (χ2n) is 3.17. The fourth-order valence-electron chi connectivity index (χ4n) is 1.40. The van der Waals surface area contributed by atoms with Crippen LogP contribution >= 0.6 is 11.6 Å². The Kier molecular flexibility index (Phi) is 2.41. The van der Waals surface area contributed by atoms with Gasteiger partial charge in [-0.25, -0.2) is 0 Å². The highest BCUT2D eigenvalue weighted by Crippen LogP contribution is 2.18. The van der Waals surface area contributed by atoms with Crippen molar-refractivity contribution >= 4 is 27.6 Å². The van der Waals surface area contributed by atoms with E-state index in [1.54, 1.807) is 24.3 Å². The van der Waals surface area contributed by atoms with Gasteiger partial charge in [0.05, 0.1) is 0 Å². The summed E-state index contributed by atoms with van der Waals surface area (Å²) in [6.07, 6.45) is 0. The smallest absolute Gasteiger partial charge is 0.288 e. The monoisotopic (exact) mass is 246 g/mol. The van der Waals surface area contributed by atoms with Gasteiger partial charge in [-0.05, 0) is 17.7 Å². The van der Waals surface area contributed by atoms with Crippen LogP contribution in [0.4, 0.5) is 0 Å². The zero-order valence-corrected chi connectivity index (χ0v) is 9.14. The molecule has 0 saturated carbocycles. The SMILES string of the molecule is NC1=[NH+]S(=O)(=O)N[C@H]1c1cccc(Cl)c1. The predicted molar refractivity (Wildman–Crippen MR) is 56.4 cm³/mol. The molecule has 1 atom stereocenters. The highest BCUT2D eigenvalue weighted by Gasteiger charge is 2.34. The van der Waals surface area contributed by atoms with E-state index >= 15 is 0 Å². The first-order chi connectivity index (χ1) is 6.98. The van der Waals surface area contributed by atoms with E-state index < -0.39 is 16.3 Å².